The first-order valence-electron chi connectivity index (χ1n) is 4.93. The quantitative estimate of drug-likeness (QED) is 0.675. The van der Waals surface area contributed by atoms with Gasteiger partial charge < -0.3 is 10.4 Å². The highest BCUT2D eigenvalue weighted by atomic mass is 16.3. The van der Waals surface area contributed by atoms with Crippen LogP contribution in [0.15, 0.2) is 0 Å². The lowest BCUT2D eigenvalue weighted by Crippen LogP contribution is -2.31. The standard InChI is InChI=1S/C10H21NO/c1-8(12)4-5-9-6-10(2,3)11-7-9/h8-9,11-12H,4-7H2,1-3H3. The molecular formula is C10H21NO. The largest absolute Gasteiger partial charge is 0.393 e. The zero-order valence-electron chi connectivity index (χ0n) is 8.43. The number of nitrogens with one attached hydrogen (secondary N) is 1. The molecular weight excluding hydrogens is 150 g/mol. The van der Waals surface area contributed by atoms with Gasteiger partial charge in [0.15, 0.2) is 0 Å². The summed E-state index contributed by atoms with van der Waals surface area (Å²) in [4.78, 5) is 0. The van der Waals surface area contributed by atoms with Crippen LogP contribution in [-0.4, -0.2) is 23.3 Å². The van der Waals surface area contributed by atoms with Crippen molar-refractivity contribution in [3.05, 3.63) is 0 Å². The third kappa shape index (κ3) is 3.11. The summed E-state index contributed by atoms with van der Waals surface area (Å²) in [6.07, 6.45) is 3.23. The van der Waals surface area contributed by atoms with Crippen LogP contribution < -0.4 is 5.32 Å². The second-order valence-electron chi connectivity index (χ2n) is 4.76. The van der Waals surface area contributed by atoms with Gasteiger partial charge in [0.2, 0.25) is 0 Å². The Balaban J connectivity index is 2.20. The average molecular weight is 171 g/mol. The lowest BCUT2D eigenvalue weighted by Gasteiger charge is -2.17. The molecule has 1 heterocycles. The summed E-state index contributed by atoms with van der Waals surface area (Å²) in [5.74, 6) is 0.773. The molecule has 2 nitrogen and oxygen atoms in total. The molecule has 0 spiro atoms. The van der Waals surface area contributed by atoms with Crippen molar-refractivity contribution in [1.82, 2.24) is 5.32 Å². The Labute approximate surface area is 75.4 Å². The molecule has 1 saturated heterocycles. The van der Waals surface area contributed by atoms with Gasteiger partial charge in [0.1, 0.15) is 0 Å². The lowest BCUT2D eigenvalue weighted by atomic mass is 9.93. The maximum absolute atomic E-state index is 9.12. The Kier molecular flexibility index (Phi) is 3.13. The topological polar surface area (TPSA) is 32.3 Å². The molecule has 2 atom stereocenters. The summed E-state index contributed by atoms with van der Waals surface area (Å²) in [5, 5.41) is 12.6. The summed E-state index contributed by atoms with van der Waals surface area (Å²) in [5.41, 5.74) is 0.323. The predicted octanol–water partition coefficient (Wildman–Crippen LogP) is 1.54. The summed E-state index contributed by atoms with van der Waals surface area (Å²) in [7, 11) is 0. The van der Waals surface area contributed by atoms with Crippen LogP contribution in [-0.2, 0) is 0 Å². The van der Waals surface area contributed by atoms with Crippen LogP contribution in [0.1, 0.15) is 40.0 Å². The fourth-order valence-electron chi connectivity index (χ4n) is 1.97. The van der Waals surface area contributed by atoms with Crippen LogP contribution in [0, 0.1) is 5.92 Å². The lowest BCUT2D eigenvalue weighted by molar-refractivity contribution is 0.174. The van der Waals surface area contributed by atoms with Crippen LogP contribution in [0.25, 0.3) is 0 Å². The van der Waals surface area contributed by atoms with Gasteiger partial charge in [-0.3, -0.25) is 0 Å². The maximum atomic E-state index is 9.12. The second kappa shape index (κ2) is 3.75. The highest BCUT2D eigenvalue weighted by Gasteiger charge is 2.29. The third-order valence-corrected chi connectivity index (χ3v) is 2.66. The summed E-state index contributed by atoms with van der Waals surface area (Å²) < 4.78 is 0. The molecule has 0 radical (unpaired) electrons. The van der Waals surface area contributed by atoms with Gasteiger partial charge in [-0.25, -0.2) is 0 Å². The van der Waals surface area contributed by atoms with E-state index >= 15 is 0 Å². The van der Waals surface area contributed by atoms with Gasteiger partial charge in [-0.05, 0) is 52.5 Å². The molecule has 1 fully saturated rings. The Bertz CT molecular complexity index is 143. The molecule has 0 amide bonds. The van der Waals surface area contributed by atoms with Gasteiger partial charge in [0, 0.05) is 5.54 Å². The first kappa shape index (κ1) is 10.0. The predicted molar refractivity (Wildman–Crippen MR) is 51.1 cm³/mol. The molecule has 0 aliphatic carbocycles. The minimum Gasteiger partial charge on any atom is -0.393 e. The average Bonchev–Trinajstić information content (AvgIpc) is 2.26. The fraction of sp³-hybridized carbons (Fsp3) is 1.00. The van der Waals surface area contributed by atoms with E-state index < -0.39 is 0 Å². The van der Waals surface area contributed by atoms with Gasteiger partial charge >= 0.3 is 0 Å². The summed E-state index contributed by atoms with van der Waals surface area (Å²) >= 11 is 0. The number of rotatable bonds is 3. The molecule has 2 heteroatoms. The Morgan fingerprint density at radius 2 is 2.25 bits per heavy atom. The summed E-state index contributed by atoms with van der Waals surface area (Å²) in [6.45, 7) is 7.48. The first-order chi connectivity index (χ1) is 5.49. The van der Waals surface area contributed by atoms with E-state index in [0.717, 1.165) is 25.3 Å². The van der Waals surface area contributed by atoms with Crippen molar-refractivity contribution in [2.45, 2.75) is 51.7 Å². The number of aliphatic hydroxyl groups is 1. The Hall–Kier alpha value is -0.0800. The molecule has 0 saturated carbocycles. The number of hydrogen-bond donors (Lipinski definition) is 2. The molecule has 72 valence electrons. The molecule has 12 heavy (non-hydrogen) atoms. The SMILES string of the molecule is CC(O)CCC1CNC(C)(C)C1. The number of aliphatic hydroxyl groups excluding tert-OH is 1. The van der Waals surface area contributed by atoms with Crippen LogP contribution in [0.5, 0.6) is 0 Å². The molecule has 2 N–H and O–H groups in total. The van der Waals surface area contributed by atoms with E-state index in [-0.39, 0.29) is 6.10 Å². The van der Waals surface area contributed by atoms with Crippen LogP contribution in [0.2, 0.25) is 0 Å². The van der Waals surface area contributed by atoms with Crippen molar-refractivity contribution in [3.8, 4) is 0 Å². The Morgan fingerprint density at radius 3 is 2.67 bits per heavy atom. The summed E-state index contributed by atoms with van der Waals surface area (Å²) in [6, 6.07) is 0. The van der Waals surface area contributed by atoms with Crippen LogP contribution >= 0.6 is 0 Å². The minimum absolute atomic E-state index is 0.131. The van der Waals surface area contributed by atoms with E-state index in [1.54, 1.807) is 0 Å². The maximum Gasteiger partial charge on any atom is 0.0512 e. The fourth-order valence-corrected chi connectivity index (χ4v) is 1.97. The molecule has 0 aromatic carbocycles. The van der Waals surface area contributed by atoms with E-state index in [1.165, 1.54) is 6.42 Å². The van der Waals surface area contributed by atoms with E-state index in [4.69, 9.17) is 5.11 Å². The molecule has 1 aliphatic heterocycles. The van der Waals surface area contributed by atoms with Gasteiger partial charge in [0.25, 0.3) is 0 Å². The third-order valence-electron chi connectivity index (χ3n) is 2.66. The molecule has 1 aliphatic rings. The van der Waals surface area contributed by atoms with Crippen molar-refractivity contribution < 1.29 is 5.11 Å². The highest BCUT2D eigenvalue weighted by Crippen LogP contribution is 2.26. The van der Waals surface area contributed by atoms with E-state index in [0.29, 0.717) is 5.54 Å². The molecule has 2 unspecified atom stereocenters. The van der Waals surface area contributed by atoms with Crippen molar-refractivity contribution >= 4 is 0 Å². The first-order valence-corrected chi connectivity index (χ1v) is 4.93. The van der Waals surface area contributed by atoms with Crippen molar-refractivity contribution in [2.24, 2.45) is 5.92 Å². The highest BCUT2D eigenvalue weighted by molar-refractivity contribution is 4.89. The monoisotopic (exact) mass is 171 g/mol. The van der Waals surface area contributed by atoms with Gasteiger partial charge in [-0.1, -0.05) is 0 Å². The Morgan fingerprint density at radius 1 is 1.58 bits per heavy atom. The number of hydrogen-bond acceptors (Lipinski definition) is 2. The van der Waals surface area contributed by atoms with E-state index in [9.17, 15) is 0 Å². The zero-order chi connectivity index (χ0) is 9.19. The zero-order valence-corrected chi connectivity index (χ0v) is 8.43. The van der Waals surface area contributed by atoms with Crippen LogP contribution in [0.4, 0.5) is 0 Å². The minimum atomic E-state index is -0.131. The second-order valence-corrected chi connectivity index (χ2v) is 4.76. The van der Waals surface area contributed by atoms with Gasteiger partial charge in [-0.15, -0.1) is 0 Å². The smallest absolute Gasteiger partial charge is 0.0512 e. The molecule has 0 aromatic heterocycles. The van der Waals surface area contributed by atoms with Crippen molar-refractivity contribution in [2.75, 3.05) is 6.54 Å². The van der Waals surface area contributed by atoms with Crippen molar-refractivity contribution in [3.63, 3.8) is 0 Å². The molecule has 0 bridgehead atoms. The van der Waals surface area contributed by atoms with E-state index in [1.807, 2.05) is 6.92 Å². The van der Waals surface area contributed by atoms with Crippen molar-refractivity contribution in [1.29, 1.82) is 0 Å². The van der Waals surface area contributed by atoms with Crippen LogP contribution in [0.3, 0.4) is 0 Å². The van der Waals surface area contributed by atoms with Gasteiger partial charge in [0.05, 0.1) is 6.10 Å². The van der Waals surface area contributed by atoms with E-state index in [2.05, 4.69) is 19.2 Å². The molecule has 0 aromatic rings. The van der Waals surface area contributed by atoms with Gasteiger partial charge in [-0.2, -0.15) is 0 Å². The molecule has 1 rings (SSSR count). The normalized spacial score (nSPS) is 30.5.